The van der Waals surface area contributed by atoms with E-state index in [0.29, 0.717) is 5.75 Å². The van der Waals surface area contributed by atoms with E-state index in [4.69, 9.17) is 9.47 Å². The zero-order valence-corrected chi connectivity index (χ0v) is 12.0. The molecule has 100 valence electrons. The molecule has 0 bridgehead atoms. The van der Waals surface area contributed by atoms with E-state index in [0.717, 1.165) is 37.1 Å². The predicted octanol–water partition coefficient (Wildman–Crippen LogP) is 2.43. The summed E-state index contributed by atoms with van der Waals surface area (Å²) in [6.07, 6.45) is 0.224. The first-order valence-electron chi connectivity index (χ1n) is 5.95. The smallest absolute Gasteiger partial charge is 0.165 e. The molecule has 0 aromatic heterocycles. The van der Waals surface area contributed by atoms with Gasteiger partial charge in [-0.05, 0) is 17.7 Å². The molecule has 0 N–H and O–H groups in total. The molecule has 3 nitrogen and oxygen atoms in total. The monoisotopic (exact) mass is 317 g/mol. The summed E-state index contributed by atoms with van der Waals surface area (Å²) < 4.78 is 24.1. The standard InChI is InChI=1S/C13H17BrFNO2/c1-17-13-3-2-10(6-12(13)15)8-16-4-5-18-11(7-14)9-16/h2-3,6,11H,4-5,7-9H2,1H3. The van der Waals surface area contributed by atoms with Gasteiger partial charge in [-0.25, -0.2) is 4.39 Å². The summed E-state index contributed by atoms with van der Waals surface area (Å²) in [6, 6.07) is 5.12. The minimum absolute atomic E-state index is 0.224. The maximum absolute atomic E-state index is 13.6. The number of hydrogen-bond acceptors (Lipinski definition) is 3. The first kappa shape index (κ1) is 13.8. The summed E-state index contributed by atoms with van der Waals surface area (Å²) in [5, 5.41) is 0.834. The van der Waals surface area contributed by atoms with Gasteiger partial charge in [-0.15, -0.1) is 0 Å². The van der Waals surface area contributed by atoms with Crippen molar-refractivity contribution in [3.63, 3.8) is 0 Å². The maximum atomic E-state index is 13.6. The van der Waals surface area contributed by atoms with Gasteiger partial charge in [-0.3, -0.25) is 4.90 Å². The molecular weight excluding hydrogens is 301 g/mol. The minimum Gasteiger partial charge on any atom is -0.494 e. The fourth-order valence-electron chi connectivity index (χ4n) is 2.08. The van der Waals surface area contributed by atoms with Crippen LogP contribution in [-0.2, 0) is 11.3 Å². The van der Waals surface area contributed by atoms with E-state index in [2.05, 4.69) is 20.8 Å². The molecule has 0 radical (unpaired) electrons. The molecule has 1 fully saturated rings. The topological polar surface area (TPSA) is 21.7 Å². The van der Waals surface area contributed by atoms with Crippen LogP contribution in [0.2, 0.25) is 0 Å². The molecule has 1 atom stereocenters. The molecular formula is C13H17BrFNO2. The lowest BCUT2D eigenvalue weighted by molar-refractivity contribution is -0.0181. The predicted molar refractivity (Wildman–Crippen MR) is 71.8 cm³/mol. The van der Waals surface area contributed by atoms with Crippen molar-refractivity contribution in [2.75, 3.05) is 32.1 Å². The molecule has 2 rings (SSSR count). The van der Waals surface area contributed by atoms with Crippen molar-refractivity contribution in [3.05, 3.63) is 29.6 Å². The van der Waals surface area contributed by atoms with Crippen molar-refractivity contribution in [3.8, 4) is 5.75 Å². The van der Waals surface area contributed by atoms with Gasteiger partial charge in [0.25, 0.3) is 0 Å². The van der Waals surface area contributed by atoms with Crippen LogP contribution in [0, 0.1) is 5.82 Å². The third-order valence-electron chi connectivity index (χ3n) is 3.02. The van der Waals surface area contributed by atoms with E-state index in [1.54, 1.807) is 6.07 Å². The summed E-state index contributed by atoms with van der Waals surface area (Å²) >= 11 is 3.43. The number of morpholine rings is 1. The van der Waals surface area contributed by atoms with Crippen LogP contribution in [0.25, 0.3) is 0 Å². The van der Waals surface area contributed by atoms with Gasteiger partial charge >= 0.3 is 0 Å². The highest BCUT2D eigenvalue weighted by Crippen LogP contribution is 2.19. The van der Waals surface area contributed by atoms with Crippen molar-refractivity contribution in [2.45, 2.75) is 12.6 Å². The van der Waals surface area contributed by atoms with Crippen molar-refractivity contribution >= 4 is 15.9 Å². The number of methoxy groups -OCH3 is 1. The van der Waals surface area contributed by atoms with Gasteiger partial charge in [0.05, 0.1) is 19.8 Å². The van der Waals surface area contributed by atoms with Crippen LogP contribution in [0.3, 0.4) is 0 Å². The zero-order chi connectivity index (χ0) is 13.0. The number of nitrogens with zero attached hydrogens (tertiary/aromatic N) is 1. The highest BCUT2D eigenvalue weighted by atomic mass is 79.9. The van der Waals surface area contributed by atoms with Crippen LogP contribution in [0.4, 0.5) is 4.39 Å². The molecule has 1 aromatic carbocycles. The second-order valence-electron chi connectivity index (χ2n) is 4.35. The lowest BCUT2D eigenvalue weighted by atomic mass is 10.2. The van der Waals surface area contributed by atoms with Crippen LogP contribution in [0.15, 0.2) is 18.2 Å². The number of benzene rings is 1. The number of hydrogen-bond donors (Lipinski definition) is 0. The SMILES string of the molecule is COc1ccc(CN2CCOC(CBr)C2)cc1F. The summed E-state index contributed by atoms with van der Waals surface area (Å²) in [5.41, 5.74) is 0.962. The maximum Gasteiger partial charge on any atom is 0.165 e. The third-order valence-corrected chi connectivity index (χ3v) is 3.74. The Hall–Kier alpha value is -0.650. The Balaban J connectivity index is 1.98. The highest BCUT2D eigenvalue weighted by molar-refractivity contribution is 9.09. The fourth-order valence-corrected chi connectivity index (χ4v) is 2.48. The van der Waals surface area contributed by atoms with Crippen molar-refractivity contribution < 1.29 is 13.9 Å². The average Bonchev–Trinajstić information content (AvgIpc) is 2.39. The summed E-state index contributed by atoms with van der Waals surface area (Å²) in [4.78, 5) is 2.27. The van der Waals surface area contributed by atoms with Gasteiger partial charge < -0.3 is 9.47 Å². The van der Waals surface area contributed by atoms with Crippen LogP contribution in [0.5, 0.6) is 5.75 Å². The second kappa shape index (κ2) is 6.50. The van der Waals surface area contributed by atoms with Crippen molar-refractivity contribution in [1.29, 1.82) is 0 Å². The Labute approximate surface area is 115 Å². The molecule has 0 amide bonds. The third kappa shape index (κ3) is 3.43. The Kier molecular flexibility index (Phi) is 4.97. The van der Waals surface area contributed by atoms with Gasteiger partial charge in [-0.2, -0.15) is 0 Å². The summed E-state index contributed by atoms with van der Waals surface area (Å²) in [7, 11) is 1.47. The molecule has 1 aliphatic heterocycles. The number of halogens is 2. The minimum atomic E-state index is -0.305. The second-order valence-corrected chi connectivity index (χ2v) is 5.00. The van der Waals surface area contributed by atoms with E-state index >= 15 is 0 Å². The van der Waals surface area contributed by atoms with E-state index in [1.165, 1.54) is 13.2 Å². The van der Waals surface area contributed by atoms with Crippen molar-refractivity contribution in [1.82, 2.24) is 4.90 Å². The van der Waals surface area contributed by atoms with E-state index < -0.39 is 0 Å². The Morgan fingerprint density at radius 3 is 3.06 bits per heavy atom. The Morgan fingerprint density at radius 2 is 2.39 bits per heavy atom. The van der Waals surface area contributed by atoms with Crippen LogP contribution in [-0.4, -0.2) is 43.1 Å². The molecule has 1 aromatic rings. The van der Waals surface area contributed by atoms with E-state index in [1.807, 2.05) is 6.07 Å². The molecule has 5 heteroatoms. The molecule has 1 saturated heterocycles. The molecule has 1 unspecified atom stereocenters. The van der Waals surface area contributed by atoms with Gasteiger partial charge in [0.2, 0.25) is 0 Å². The lowest BCUT2D eigenvalue weighted by Gasteiger charge is -2.32. The molecule has 0 spiro atoms. The molecule has 18 heavy (non-hydrogen) atoms. The Bertz CT molecular complexity index is 403. The number of ether oxygens (including phenoxy) is 2. The van der Waals surface area contributed by atoms with Gasteiger partial charge in [0.15, 0.2) is 11.6 Å². The first-order valence-corrected chi connectivity index (χ1v) is 7.07. The summed E-state index contributed by atoms with van der Waals surface area (Å²) in [5.74, 6) is -0.0145. The normalized spacial score (nSPS) is 20.9. The lowest BCUT2D eigenvalue weighted by Crippen LogP contribution is -2.42. The van der Waals surface area contributed by atoms with Gasteiger partial charge in [-0.1, -0.05) is 22.0 Å². The first-order chi connectivity index (χ1) is 8.72. The molecule has 1 heterocycles. The largest absolute Gasteiger partial charge is 0.494 e. The molecule has 0 saturated carbocycles. The quantitative estimate of drug-likeness (QED) is 0.796. The van der Waals surface area contributed by atoms with E-state index in [9.17, 15) is 4.39 Å². The van der Waals surface area contributed by atoms with Crippen molar-refractivity contribution in [2.24, 2.45) is 0 Å². The zero-order valence-electron chi connectivity index (χ0n) is 10.4. The highest BCUT2D eigenvalue weighted by Gasteiger charge is 2.19. The number of rotatable bonds is 4. The van der Waals surface area contributed by atoms with Crippen LogP contribution in [0.1, 0.15) is 5.56 Å². The fraction of sp³-hybridized carbons (Fsp3) is 0.538. The molecule has 1 aliphatic rings. The van der Waals surface area contributed by atoms with Gasteiger partial charge in [0, 0.05) is 25.0 Å². The van der Waals surface area contributed by atoms with Crippen LogP contribution < -0.4 is 4.74 Å². The summed E-state index contributed by atoms with van der Waals surface area (Å²) in [6.45, 7) is 3.23. The average molecular weight is 318 g/mol. The van der Waals surface area contributed by atoms with E-state index in [-0.39, 0.29) is 11.9 Å². The number of alkyl halides is 1. The Morgan fingerprint density at radius 1 is 1.56 bits per heavy atom. The molecule has 0 aliphatic carbocycles. The van der Waals surface area contributed by atoms with Crippen LogP contribution >= 0.6 is 15.9 Å². The van der Waals surface area contributed by atoms with Gasteiger partial charge in [0.1, 0.15) is 0 Å².